The number of rotatable bonds is 0. The van der Waals surface area contributed by atoms with Crippen LogP contribution in [0, 0.1) is 39.9 Å². The second-order valence-corrected chi connectivity index (χ2v) is 14.1. The van der Waals surface area contributed by atoms with Gasteiger partial charge in [-0.05, 0) is 67.8 Å². The third kappa shape index (κ3) is 2.43. The summed E-state index contributed by atoms with van der Waals surface area (Å²) in [5, 5.41) is 0. The van der Waals surface area contributed by atoms with E-state index in [0.29, 0.717) is 18.8 Å². The number of hydrogen-bond acceptors (Lipinski definition) is 6. The van der Waals surface area contributed by atoms with Crippen LogP contribution < -0.4 is 0 Å². The summed E-state index contributed by atoms with van der Waals surface area (Å²) in [5.41, 5.74) is -1.36. The van der Waals surface area contributed by atoms with E-state index < -0.39 is 16.6 Å². The molecule has 1 spiro atoms. The zero-order valence-corrected chi connectivity index (χ0v) is 21.8. The molecule has 4 saturated heterocycles. The van der Waals surface area contributed by atoms with Crippen LogP contribution in [-0.4, -0.2) is 46.5 Å². The number of fused-ring (bicyclic) bond motifs is 5. The second kappa shape index (κ2) is 6.48. The van der Waals surface area contributed by atoms with Gasteiger partial charge in [-0.15, -0.1) is 0 Å². The summed E-state index contributed by atoms with van der Waals surface area (Å²) in [5.74, 6) is 0.300. The molecule has 2 unspecified atom stereocenters. The van der Waals surface area contributed by atoms with Crippen molar-refractivity contribution >= 4 is 17.5 Å². The van der Waals surface area contributed by atoms with E-state index in [1.807, 2.05) is 6.92 Å². The molecule has 0 aromatic rings. The maximum Gasteiger partial charge on any atom is 0.308 e. The number of carbonyl (C=O) groups is 3. The van der Waals surface area contributed by atoms with Gasteiger partial charge in [-0.25, -0.2) is 4.90 Å². The van der Waals surface area contributed by atoms with Gasteiger partial charge in [0.1, 0.15) is 11.5 Å². The molecule has 6 fully saturated rings. The van der Waals surface area contributed by atoms with Crippen LogP contribution in [0.15, 0.2) is 11.6 Å². The number of Topliss-reactive ketones (excluding diaryl/α,β-unsaturated/α-hetero) is 1. The van der Waals surface area contributed by atoms with E-state index in [-0.39, 0.29) is 59.0 Å². The predicted octanol–water partition coefficient (Wildman–Crippen LogP) is 4.41. The topological polar surface area (TPSA) is 72.9 Å². The third-order valence-electron chi connectivity index (χ3n) is 12.3. The fourth-order valence-corrected chi connectivity index (χ4v) is 11.0. The Morgan fingerprint density at radius 3 is 2.63 bits per heavy atom. The van der Waals surface area contributed by atoms with Gasteiger partial charge in [0.05, 0.1) is 12.5 Å². The minimum Gasteiger partial charge on any atom is -0.443 e. The van der Waals surface area contributed by atoms with Crippen LogP contribution >= 0.6 is 0 Å². The van der Waals surface area contributed by atoms with Gasteiger partial charge < -0.3 is 9.47 Å². The molecule has 0 radical (unpaired) electrons. The van der Waals surface area contributed by atoms with Crippen molar-refractivity contribution in [2.24, 2.45) is 39.9 Å². The Morgan fingerprint density at radius 2 is 1.86 bits per heavy atom. The molecule has 3 aliphatic carbocycles. The molecule has 35 heavy (non-hydrogen) atoms. The van der Waals surface area contributed by atoms with Gasteiger partial charge in [-0.2, -0.15) is 0 Å². The lowest BCUT2D eigenvalue weighted by molar-refractivity contribution is -0.379. The SMILES string of the molecule is CC1=CC(=O)C2CC(=O)[C@H]3[C@@](C)(C[C@@]45OC(=O)C[C@]3(C)[C@]4(C)CC[C@]34C[C@@H](C)C[C@H](CN35)O4)C2C1. The standard InChI is InChI=1S/C29H39NO5/c1-16-9-20-19(21(31)10-16)11-22(32)24-25(20,3)15-29-27(5,26(24,4)13-23(33)35-29)6-7-28-12-17(2)8-18(34-28)14-30(28)29/h10,17-20,24H,6-9,11-15H2,1-5H3/t17-,18+,19?,20?,24-,25-,26-,27-,28-,29+/m0/s1. The molecule has 0 aromatic heterocycles. The number of hydrogen-bond donors (Lipinski definition) is 0. The normalized spacial score (nSPS) is 56.9. The Balaban J connectivity index is 1.44. The summed E-state index contributed by atoms with van der Waals surface area (Å²) < 4.78 is 13.4. The van der Waals surface area contributed by atoms with Gasteiger partial charge >= 0.3 is 5.97 Å². The number of piperidine rings is 1. The van der Waals surface area contributed by atoms with E-state index in [1.54, 1.807) is 6.08 Å². The molecule has 10 atom stereocenters. The van der Waals surface area contributed by atoms with Crippen molar-refractivity contribution in [1.82, 2.24) is 4.90 Å². The van der Waals surface area contributed by atoms with Crippen molar-refractivity contribution in [1.29, 1.82) is 0 Å². The number of nitrogens with zero attached hydrogens (tertiary/aromatic N) is 1. The van der Waals surface area contributed by atoms with E-state index in [1.165, 1.54) is 0 Å². The molecular formula is C29H39NO5. The fourth-order valence-electron chi connectivity index (χ4n) is 11.0. The first-order valence-electron chi connectivity index (χ1n) is 13.8. The van der Waals surface area contributed by atoms with E-state index in [2.05, 4.69) is 32.6 Å². The lowest BCUT2D eigenvalue weighted by Gasteiger charge is -2.76. The van der Waals surface area contributed by atoms with Gasteiger partial charge in [0.25, 0.3) is 0 Å². The number of allylic oxidation sites excluding steroid dienone is 2. The molecule has 4 aliphatic heterocycles. The highest BCUT2D eigenvalue weighted by Crippen LogP contribution is 2.77. The molecule has 4 heterocycles. The van der Waals surface area contributed by atoms with Crippen molar-refractivity contribution in [2.45, 2.75) is 104 Å². The summed E-state index contributed by atoms with van der Waals surface area (Å²) in [4.78, 5) is 43.1. The molecule has 2 saturated carbocycles. The smallest absolute Gasteiger partial charge is 0.308 e. The number of esters is 1. The van der Waals surface area contributed by atoms with Crippen molar-refractivity contribution in [3.63, 3.8) is 0 Å². The summed E-state index contributed by atoms with van der Waals surface area (Å²) >= 11 is 0. The minimum absolute atomic E-state index is 0.0972. The Kier molecular flexibility index (Phi) is 4.19. The Bertz CT molecular complexity index is 1100. The second-order valence-electron chi connectivity index (χ2n) is 14.1. The highest BCUT2D eigenvalue weighted by Gasteiger charge is 2.82. The number of carbonyl (C=O) groups excluding carboxylic acids is 3. The molecule has 6 heteroatoms. The molecule has 6 nitrogen and oxygen atoms in total. The van der Waals surface area contributed by atoms with Crippen molar-refractivity contribution < 1.29 is 23.9 Å². The summed E-state index contributed by atoms with van der Waals surface area (Å²) in [6.45, 7) is 11.9. The van der Waals surface area contributed by atoms with Gasteiger partial charge in [0, 0.05) is 36.6 Å². The molecule has 0 amide bonds. The summed E-state index contributed by atoms with van der Waals surface area (Å²) in [6.07, 6.45) is 7.78. The van der Waals surface area contributed by atoms with Crippen molar-refractivity contribution in [3.05, 3.63) is 11.6 Å². The molecule has 7 aliphatic rings. The van der Waals surface area contributed by atoms with E-state index >= 15 is 0 Å². The first-order chi connectivity index (χ1) is 16.4. The fraction of sp³-hybridized carbons (Fsp3) is 0.828. The van der Waals surface area contributed by atoms with Crippen LogP contribution in [-0.2, 0) is 23.9 Å². The molecule has 190 valence electrons. The van der Waals surface area contributed by atoms with Gasteiger partial charge in [-0.1, -0.05) is 33.3 Å². The Morgan fingerprint density at radius 1 is 1.09 bits per heavy atom. The highest BCUT2D eigenvalue weighted by molar-refractivity contribution is 5.99. The maximum absolute atomic E-state index is 14.0. The van der Waals surface area contributed by atoms with Gasteiger partial charge in [0.2, 0.25) is 0 Å². The first-order valence-corrected chi connectivity index (χ1v) is 13.8. The number of ketones is 2. The van der Waals surface area contributed by atoms with Crippen LogP contribution in [0.1, 0.15) is 86.0 Å². The van der Waals surface area contributed by atoms with Crippen LogP contribution in [0.4, 0.5) is 0 Å². The molecule has 7 rings (SSSR count). The van der Waals surface area contributed by atoms with Gasteiger partial charge in [0.15, 0.2) is 11.5 Å². The van der Waals surface area contributed by atoms with Crippen molar-refractivity contribution in [3.8, 4) is 0 Å². The molecular weight excluding hydrogens is 442 g/mol. The Labute approximate surface area is 208 Å². The summed E-state index contributed by atoms with van der Waals surface area (Å²) in [6, 6.07) is 0. The quantitative estimate of drug-likeness (QED) is 0.477. The average molecular weight is 482 g/mol. The molecule has 4 bridgehead atoms. The van der Waals surface area contributed by atoms with E-state index in [4.69, 9.17) is 9.47 Å². The van der Waals surface area contributed by atoms with Crippen LogP contribution in [0.25, 0.3) is 0 Å². The zero-order chi connectivity index (χ0) is 24.8. The lowest BCUT2D eigenvalue weighted by atomic mass is 9.34. The highest BCUT2D eigenvalue weighted by atomic mass is 16.6. The third-order valence-corrected chi connectivity index (χ3v) is 12.3. The largest absolute Gasteiger partial charge is 0.443 e. The van der Waals surface area contributed by atoms with Crippen LogP contribution in [0.3, 0.4) is 0 Å². The lowest BCUT2D eigenvalue weighted by Crippen LogP contribution is -2.82. The monoisotopic (exact) mass is 481 g/mol. The van der Waals surface area contributed by atoms with E-state index in [0.717, 1.165) is 44.2 Å². The minimum atomic E-state index is -0.806. The summed E-state index contributed by atoms with van der Waals surface area (Å²) in [7, 11) is 0. The van der Waals surface area contributed by atoms with Crippen molar-refractivity contribution in [2.75, 3.05) is 6.54 Å². The Hall–Kier alpha value is -1.53. The number of ether oxygens (including phenoxy) is 2. The zero-order valence-electron chi connectivity index (χ0n) is 21.8. The van der Waals surface area contributed by atoms with Crippen LogP contribution in [0.5, 0.6) is 0 Å². The first kappa shape index (κ1) is 22.7. The van der Waals surface area contributed by atoms with Gasteiger partial charge in [-0.3, -0.25) is 14.4 Å². The predicted molar refractivity (Wildman–Crippen MR) is 128 cm³/mol. The average Bonchev–Trinajstić information content (AvgIpc) is 3.01. The molecule has 0 aromatic carbocycles. The van der Waals surface area contributed by atoms with E-state index in [9.17, 15) is 14.4 Å². The van der Waals surface area contributed by atoms with Crippen LogP contribution in [0.2, 0.25) is 0 Å². The maximum atomic E-state index is 14.0. The molecule has 0 N–H and O–H groups in total.